The van der Waals surface area contributed by atoms with Crippen LogP contribution in [0.25, 0.3) is 0 Å². The van der Waals surface area contributed by atoms with E-state index in [1.54, 1.807) is 0 Å². The van der Waals surface area contributed by atoms with Crippen LogP contribution in [0.5, 0.6) is 0 Å². The Kier molecular flexibility index (Phi) is 12.8. The van der Waals surface area contributed by atoms with Crippen LogP contribution in [0.15, 0.2) is 0 Å². The highest BCUT2D eigenvalue weighted by molar-refractivity contribution is 7.53. The van der Waals surface area contributed by atoms with E-state index in [-0.39, 0.29) is 0 Å². The summed E-state index contributed by atoms with van der Waals surface area (Å²) in [4.78, 5) is 31.3. The number of rotatable bonds is 2. The van der Waals surface area contributed by atoms with Crippen molar-refractivity contribution in [2.24, 2.45) is 0 Å². The van der Waals surface area contributed by atoms with Crippen LogP contribution in [0.1, 0.15) is 20.3 Å². The largest absolute Gasteiger partial charge is 0.334 e. The van der Waals surface area contributed by atoms with Gasteiger partial charge in [-0.25, -0.2) is 4.31 Å². The Morgan fingerprint density at radius 1 is 1.00 bits per heavy atom. The van der Waals surface area contributed by atoms with Crippen LogP contribution in [0.4, 0.5) is 0 Å². The second kappa shape index (κ2) is 9.66. The first-order chi connectivity index (χ1) is 4.54. The van der Waals surface area contributed by atoms with Gasteiger partial charge in [0.15, 0.2) is 0 Å². The first-order valence-corrected chi connectivity index (χ1v) is 4.91. The Hall–Kier alpha value is 0.660. The Balaban J connectivity index is 0. The molecule has 0 spiro atoms. The Morgan fingerprint density at radius 2 is 1.20 bits per heavy atom. The first-order valence-electron chi connectivity index (χ1n) is 2.58. The van der Waals surface area contributed by atoms with Crippen molar-refractivity contribution in [2.45, 2.75) is 20.3 Å². The van der Waals surface area contributed by atoms with E-state index < -0.39 is 17.2 Å². The third-order valence-electron chi connectivity index (χ3n) is 0.146. The molecule has 0 radical (unpaired) electrons. The zero-order valence-corrected chi connectivity index (χ0v) is 7.59. The van der Waals surface area contributed by atoms with Crippen LogP contribution >= 0.6 is 17.2 Å². The van der Waals surface area contributed by atoms with E-state index in [0.717, 1.165) is 0 Å². The van der Waals surface area contributed by atoms with Gasteiger partial charge < -0.3 is 19.6 Å². The van der Waals surface area contributed by atoms with Crippen LogP contribution in [0.3, 0.4) is 0 Å². The molecule has 4 N–H and O–H groups in total. The van der Waals surface area contributed by atoms with E-state index in [4.69, 9.17) is 19.6 Å². The summed E-state index contributed by atoms with van der Waals surface area (Å²) < 4.78 is 3.60. The van der Waals surface area contributed by atoms with E-state index >= 15 is 0 Å². The Bertz CT molecular complexity index is 52.9. The molecule has 0 aromatic heterocycles. The quantitative estimate of drug-likeness (QED) is 0.484. The standard InChI is InChI=1S/C3H8.H4O5P2/c1-3-2;1-6(2)5-7(3)4/h3H2,1-2H3;1-4H. The van der Waals surface area contributed by atoms with E-state index in [1.165, 1.54) is 6.42 Å². The smallest absolute Gasteiger partial charge is 0.328 e. The maximum atomic E-state index is 7.82. The van der Waals surface area contributed by atoms with Crippen LogP contribution < -0.4 is 0 Å². The minimum Gasteiger partial charge on any atom is -0.328 e. The third-order valence-corrected chi connectivity index (χ3v) is 1.31. The molecule has 0 aromatic rings. The van der Waals surface area contributed by atoms with Gasteiger partial charge in [0.05, 0.1) is 0 Å². The van der Waals surface area contributed by atoms with Gasteiger partial charge >= 0.3 is 17.2 Å². The monoisotopic (exact) mass is 190 g/mol. The molecule has 0 atom stereocenters. The Morgan fingerprint density at radius 3 is 1.20 bits per heavy atom. The molecule has 0 fully saturated rings. The third kappa shape index (κ3) is 23.4. The van der Waals surface area contributed by atoms with Gasteiger partial charge in [-0.1, -0.05) is 20.3 Å². The summed E-state index contributed by atoms with van der Waals surface area (Å²) in [5, 5.41) is 0. The van der Waals surface area contributed by atoms with Crippen LogP contribution in [0, 0.1) is 0 Å². The van der Waals surface area contributed by atoms with E-state index in [0.29, 0.717) is 0 Å². The molecule has 10 heavy (non-hydrogen) atoms. The molecular formula is C3H12O5P2. The maximum Gasteiger partial charge on any atom is 0.334 e. The van der Waals surface area contributed by atoms with Crippen molar-refractivity contribution in [2.75, 3.05) is 0 Å². The van der Waals surface area contributed by atoms with Gasteiger partial charge in [-0.05, 0) is 0 Å². The summed E-state index contributed by atoms with van der Waals surface area (Å²) in [5.41, 5.74) is 0. The van der Waals surface area contributed by atoms with Crippen molar-refractivity contribution in [3.8, 4) is 0 Å². The number of hydrogen-bond acceptors (Lipinski definition) is 5. The lowest BCUT2D eigenvalue weighted by Gasteiger charge is -2.00. The van der Waals surface area contributed by atoms with Crippen LogP contribution in [-0.2, 0) is 4.31 Å². The molecule has 64 valence electrons. The second-order valence-electron chi connectivity index (χ2n) is 1.29. The van der Waals surface area contributed by atoms with Gasteiger partial charge in [0.2, 0.25) is 0 Å². The second-order valence-corrected chi connectivity index (χ2v) is 2.96. The predicted octanol–water partition coefficient (Wildman–Crippen LogP) is 0.842. The fraction of sp³-hybridized carbons (Fsp3) is 1.00. The normalized spacial score (nSPS) is 9.60. The van der Waals surface area contributed by atoms with Gasteiger partial charge in [0.1, 0.15) is 0 Å². The zero-order chi connectivity index (χ0) is 8.57. The molecule has 0 aliphatic carbocycles. The van der Waals surface area contributed by atoms with Crippen molar-refractivity contribution >= 4 is 17.2 Å². The molecule has 0 aliphatic heterocycles. The topological polar surface area (TPSA) is 90.2 Å². The van der Waals surface area contributed by atoms with Gasteiger partial charge in [-0.3, -0.25) is 0 Å². The summed E-state index contributed by atoms with van der Waals surface area (Å²) in [6.07, 6.45) is 1.25. The minimum atomic E-state index is -2.61. The fourth-order valence-corrected chi connectivity index (χ4v) is 0.588. The Labute approximate surface area is 62.3 Å². The molecule has 0 saturated heterocycles. The lowest BCUT2D eigenvalue weighted by molar-refractivity contribution is 0.324. The highest BCUT2D eigenvalue weighted by atomic mass is 31.2. The molecule has 0 unspecified atom stereocenters. The van der Waals surface area contributed by atoms with Gasteiger partial charge in [0.25, 0.3) is 0 Å². The molecule has 0 heterocycles. The molecule has 0 aliphatic rings. The average Bonchev–Trinajstić information content (AvgIpc) is 1.62. The molecule has 0 saturated carbocycles. The fourth-order valence-electron chi connectivity index (χ4n) is 0.0653. The molecule has 0 amide bonds. The summed E-state index contributed by atoms with van der Waals surface area (Å²) in [6.45, 7) is 4.25. The van der Waals surface area contributed by atoms with Crippen molar-refractivity contribution in [3.63, 3.8) is 0 Å². The van der Waals surface area contributed by atoms with Crippen molar-refractivity contribution in [1.29, 1.82) is 0 Å². The van der Waals surface area contributed by atoms with Crippen molar-refractivity contribution in [3.05, 3.63) is 0 Å². The van der Waals surface area contributed by atoms with Gasteiger partial charge in [0, 0.05) is 0 Å². The molecule has 0 rings (SSSR count). The van der Waals surface area contributed by atoms with Crippen LogP contribution in [-0.4, -0.2) is 19.6 Å². The lowest BCUT2D eigenvalue weighted by Crippen LogP contribution is -1.73. The average molecular weight is 190 g/mol. The highest BCUT2D eigenvalue weighted by Gasteiger charge is 2.05. The highest BCUT2D eigenvalue weighted by Crippen LogP contribution is 2.41. The van der Waals surface area contributed by atoms with Gasteiger partial charge in [-0.15, -0.1) is 0 Å². The van der Waals surface area contributed by atoms with E-state index in [1.807, 2.05) is 0 Å². The van der Waals surface area contributed by atoms with Crippen LogP contribution in [0.2, 0.25) is 0 Å². The molecular weight excluding hydrogens is 178 g/mol. The summed E-state index contributed by atoms with van der Waals surface area (Å²) in [5.74, 6) is 0. The van der Waals surface area contributed by atoms with Crippen molar-refractivity contribution < 1.29 is 23.9 Å². The van der Waals surface area contributed by atoms with E-state index in [9.17, 15) is 0 Å². The summed E-state index contributed by atoms with van der Waals surface area (Å²) in [6, 6.07) is 0. The maximum absolute atomic E-state index is 7.82. The van der Waals surface area contributed by atoms with Gasteiger partial charge in [-0.2, -0.15) is 0 Å². The molecule has 7 heteroatoms. The van der Waals surface area contributed by atoms with E-state index in [2.05, 4.69) is 18.2 Å². The first kappa shape index (κ1) is 13.3. The SMILES string of the molecule is CCC.OP(O)OP(O)O. The molecule has 5 nitrogen and oxygen atoms in total. The lowest BCUT2D eigenvalue weighted by atomic mass is 10.6. The predicted molar refractivity (Wildman–Crippen MR) is 39.8 cm³/mol. The summed E-state index contributed by atoms with van der Waals surface area (Å²) >= 11 is 0. The molecule has 0 aromatic carbocycles. The number of hydrogen-bond donors (Lipinski definition) is 4. The zero-order valence-electron chi connectivity index (χ0n) is 5.80. The molecule has 0 bridgehead atoms. The minimum absolute atomic E-state index is 1.25. The van der Waals surface area contributed by atoms with Crippen molar-refractivity contribution in [1.82, 2.24) is 0 Å². The summed E-state index contributed by atoms with van der Waals surface area (Å²) in [7, 11) is -5.22.